The highest BCUT2D eigenvalue weighted by molar-refractivity contribution is 14.1. The van der Waals surface area contributed by atoms with Crippen molar-refractivity contribution in [1.82, 2.24) is 9.55 Å². The van der Waals surface area contributed by atoms with Gasteiger partial charge in [0.05, 0.1) is 0 Å². The Morgan fingerprint density at radius 2 is 2.06 bits per heavy atom. The van der Waals surface area contributed by atoms with Gasteiger partial charge in [0.1, 0.15) is 3.70 Å². The number of aromatic nitrogens is 2. The molecule has 1 aromatic heterocycles. The zero-order chi connectivity index (χ0) is 11.4. The van der Waals surface area contributed by atoms with Crippen LogP contribution in [0.25, 0.3) is 0 Å². The highest BCUT2D eigenvalue weighted by atomic mass is 127. The summed E-state index contributed by atoms with van der Waals surface area (Å²) in [7, 11) is 0. The summed E-state index contributed by atoms with van der Waals surface area (Å²) in [4.78, 5) is 14.9. The molecule has 3 nitrogen and oxygen atoms in total. The predicted octanol–water partition coefficient (Wildman–Crippen LogP) is 2.54. The summed E-state index contributed by atoms with van der Waals surface area (Å²) >= 11 is 2.11. The Hall–Kier alpha value is -1.17. The Labute approximate surface area is 108 Å². The summed E-state index contributed by atoms with van der Waals surface area (Å²) in [6.45, 7) is 0.786. The van der Waals surface area contributed by atoms with Gasteiger partial charge in [0.15, 0.2) is 12.1 Å². The summed E-state index contributed by atoms with van der Waals surface area (Å²) in [6.07, 6.45) is 3.61. The minimum atomic E-state index is 0.500. The molecule has 0 N–H and O–H groups in total. The van der Waals surface area contributed by atoms with Crippen molar-refractivity contribution in [2.75, 3.05) is 0 Å². The Balaban J connectivity index is 2.07. The van der Waals surface area contributed by atoms with Gasteiger partial charge >= 0.3 is 0 Å². The molecule has 0 aliphatic heterocycles. The molecular weight excluding hydrogens is 315 g/mol. The third kappa shape index (κ3) is 2.69. The predicted molar refractivity (Wildman–Crippen MR) is 70.5 cm³/mol. The molecule has 0 atom stereocenters. The summed E-state index contributed by atoms with van der Waals surface area (Å²) in [6, 6.07) is 10.2. The molecule has 4 heteroatoms. The van der Waals surface area contributed by atoms with E-state index in [1.807, 2.05) is 29.0 Å². The van der Waals surface area contributed by atoms with E-state index in [1.165, 1.54) is 5.56 Å². The minimum Gasteiger partial charge on any atom is -0.327 e. The Kier molecular flexibility index (Phi) is 3.71. The van der Waals surface area contributed by atoms with Gasteiger partial charge in [-0.1, -0.05) is 30.3 Å². The Morgan fingerprint density at radius 1 is 1.31 bits per heavy atom. The van der Waals surface area contributed by atoms with Crippen molar-refractivity contribution in [3.05, 3.63) is 51.6 Å². The molecule has 0 amide bonds. The van der Waals surface area contributed by atoms with E-state index < -0.39 is 0 Å². The number of benzene rings is 1. The summed E-state index contributed by atoms with van der Waals surface area (Å²) < 4.78 is 2.75. The van der Waals surface area contributed by atoms with Gasteiger partial charge in [-0.2, -0.15) is 0 Å². The monoisotopic (exact) mass is 326 g/mol. The molecule has 0 saturated carbocycles. The average Bonchev–Trinajstić information content (AvgIpc) is 2.68. The second kappa shape index (κ2) is 5.25. The normalized spacial score (nSPS) is 10.3. The van der Waals surface area contributed by atoms with Crippen LogP contribution >= 0.6 is 22.6 Å². The fourth-order valence-electron chi connectivity index (χ4n) is 1.56. The van der Waals surface area contributed by atoms with Gasteiger partial charge in [-0.25, -0.2) is 4.98 Å². The van der Waals surface area contributed by atoms with E-state index in [9.17, 15) is 4.79 Å². The molecule has 2 aromatic rings. The maximum absolute atomic E-state index is 10.8. The van der Waals surface area contributed by atoms with Crippen LogP contribution in [-0.2, 0) is 13.0 Å². The van der Waals surface area contributed by atoms with Crippen molar-refractivity contribution in [2.45, 2.75) is 13.0 Å². The molecule has 0 spiro atoms. The van der Waals surface area contributed by atoms with E-state index in [0.29, 0.717) is 5.82 Å². The number of carbonyl (C=O) groups is 1. The highest BCUT2D eigenvalue weighted by Gasteiger charge is 2.04. The zero-order valence-electron chi connectivity index (χ0n) is 8.64. The lowest BCUT2D eigenvalue weighted by Gasteiger charge is -2.03. The van der Waals surface area contributed by atoms with Crippen LogP contribution in [0, 0.1) is 3.70 Å². The first-order valence-corrected chi connectivity index (χ1v) is 6.09. The minimum absolute atomic E-state index is 0.500. The number of hydrogen-bond donors (Lipinski definition) is 0. The van der Waals surface area contributed by atoms with Crippen molar-refractivity contribution in [3.63, 3.8) is 0 Å². The molecule has 82 valence electrons. The van der Waals surface area contributed by atoms with Crippen molar-refractivity contribution in [2.24, 2.45) is 0 Å². The van der Waals surface area contributed by atoms with Crippen LogP contribution in [0.1, 0.15) is 16.2 Å². The fourth-order valence-corrected chi connectivity index (χ4v) is 2.15. The lowest BCUT2D eigenvalue weighted by molar-refractivity contribution is 0.111. The quantitative estimate of drug-likeness (QED) is 0.639. The molecule has 0 unspecified atom stereocenters. The SMILES string of the molecule is O=Cc1nc(I)cn1CCc1ccccc1. The third-order valence-corrected chi connectivity index (χ3v) is 2.89. The van der Waals surface area contributed by atoms with Crippen LogP contribution in [0.5, 0.6) is 0 Å². The first kappa shape index (κ1) is 11.3. The Bertz CT molecular complexity index is 479. The Morgan fingerprint density at radius 3 is 2.75 bits per heavy atom. The second-order valence-electron chi connectivity index (χ2n) is 3.47. The molecule has 0 aliphatic carbocycles. The van der Waals surface area contributed by atoms with Crippen LogP contribution in [-0.4, -0.2) is 15.8 Å². The number of nitrogens with zero attached hydrogens (tertiary/aromatic N) is 2. The zero-order valence-corrected chi connectivity index (χ0v) is 10.8. The van der Waals surface area contributed by atoms with E-state index in [1.54, 1.807) is 0 Å². The summed E-state index contributed by atoms with van der Waals surface area (Å²) in [5, 5.41) is 0. The van der Waals surface area contributed by atoms with Gasteiger partial charge in [0.2, 0.25) is 0 Å². The van der Waals surface area contributed by atoms with E-state index in [2.05, 4.69) is 39.7 Å². The van der Waals surface area contributed by atoms with Crippen LogP contribution in [0.2, 0.25) is 0 Å². The summed E-state index contributed by atoms with van der Waals surface area (Å²) in [5.74, 6) is 0.500. The third-order valence-electron chi connectivity index (χ3n) is 2.37. The molecule has 1 heterocycles. The first-order chi connectivity index (χ1) is 7.79. The van der Waals surface area contributed by atoms with Gasteiger partial charge in [0, 0.05) is 12.7 Å². The van der Waals surface area contributed by atoms with Gasteiger partial charge < -0.3 is 4.57 Å². The van der Waals surface area contributed by atoms with E-state index in [0.717, 1.165) is 23.0 Å². The molecule has 2 rings (SSSR count). The number of carbonyl (C=O) groups excluding carboxylic acids is 1. The van der Waals surface area contributed by atoms with Crippen molar-refractivity contribution in [3.8, 4) is 0 Å². The standard InChI is InChI=1S/C12H11IN2O/c13-11-8-15(12(9-16)14-11)7-6-10-4-2-1-3-5-10/h1-5,8-9H,6-7H2. The van der Waals surface area contributed by atoms with Crippen molar-refractivity contribution >= 4 is 28.9 Å². The van der Waals surface area contributed by atoms with Gasteiger partial charge in [-0.3, -0.25) is 4.79 Å². The molecule has 0 bridgehead atoms. The largest absolute Gasteiger partial charge is 0.327 e. The van der Waals surface area contributed by atoms with Gasteiger partial charge in [-0.15, -0.1) is 0 Å². The number of hydrogen-bond acceptors (Lipinski definition) is 2. The number of halogens is 1. The van der Waals surface area contributed by atoms with Gasteiger partial charge in [0.25, 0.3) is 0 Å². The van der Waals surface area contributed by atoms with Crippen LogP contribution in [0.4, 0.5) is 0 Å². The number of rotatable bonds is 4. The van der Waals surface area contributed by atoms with E-state index in [-0.39, 0.29) is 0 Å². The second-order valence-corrected chi connectivity index (χ2v) is 4.57. The molecule has 1 aromatic carbocycles. The number of imidazole rings is 1. The number of aldehydes is 1. The van der Waals surface area contributed by atoms with Gasteiger partial charge in [-0.05, 0) is 34.6 Å². The summed E-state index contributed by atoms with van der Waals surface area (Å²) in [5.41, 5.74) is 1.27. The maximum Gasteiger partial charge on any atom is 0.185 e. The highest BCUT2D eigenvalue weighted by Crippen LogP contribution is 2.07. The van der Waals surface area contributed by atoms with E-state index >= 15 is 0 Å². The molecule has 0 aliphatic rings. The fraction of sp³-hybridized carbons (Fsp3) is 0.167. The molecule has 16 heavy (non-hydrogen) atoms. The lowest BCUT2D eigenvalue weighted by atomic mass is 10.1. The topological polar surface area (TPSA) is 34.9 Å². The lowest BCUT2D eigenvalue weighted by Crippen LogP contribution is -2.04. The van der Waals surface area contributed by atoms with E-state index in [4.69, 9.17) is 0 Å². The van der Waals surface area contributed by atoms with Crippen molar-refractivity contribution in [1.29, 1.82) is 0 Å². The molecule has 0 radical (unpaired) electrons. The van der Waals surface area contributed by atoms with Crippen LogP contribution in [0.15, 0.2) is 36.5 Å². The molecule has 0 saturated heterocycles. The first-order valence-electron chi connectivity index (χ1n) is 5.01. The smallest absolute Gasteiger partial charge is 0.185 e. The van der Waals surface area contributed by atoms with Crippen LogP contribution in [0.3, 0.4) is 0 Å². The molecule has 0 fully saturated rings. The maximum atomic E-state index is 10.8. The van der Waals surface area contributed by atoms with Crippen molar-refractivity contribution < 1.29 is 4.79 Å². The average molecular weight is 326 g/mol. The number of aryl methyl sites for hydroxylation is 2. The van der Waals surface area contributed by atoms with Crippen LogP contribution < -0.4 is 0 Å². The molecular formula is C12H11IN2O.